The van der Waals surface area contributed by atoms with Crippen molar-refractivity contribution >= 4 is 17.3 Å². The van der Waals surface area contributed by atoms with Gasteiger partial charge in [-0.3, -0.25) is 4.79 Å². The van der Waals surface area contributed by atoms with Gasteiger partial charge in [0.2, 0.25) is 0 Å². The third-order valence-electron chi connectivity index (χ3n) is 4.48. The third kappa shape index (κ3) is 4.72. The SMILES string of the molecule is COc1cc(OC)c(CNc2cnn(-c3ccc(C(F)(F)F)cn3)c(=O)c2Cl)c(OC)c1. The monoisotopic (exact) mass is 470 g/mol. The van der Waals surface area contributed by atoms with Crippen LogP contribution in [0.15, 0.2) is 41.5 Å². The third-order valence-corrected chi connectivity index (χ3v) is 4.85. The Morgan fingerprint density at radius 3 is 2.22 bits per heavy atom. The molecular formula is C20H18ClF3N4O4. The van der Waals surface area contributed by atoms with E-state index in [1.54, 1.807) is 12.1 Å². The lowest BCUT2D eigenvalue weighted by Gasteiger charge is -2.16. The smallest absolute Gasteiger partial charge is 0.417 e. The average Bonchev–Trinajstić information content (AvgIpc) is 2.79. The van der Waals surface area contributed by atoms with Crippen molar-refractivity contribution in [3.8, 4) is 23.1 Å². The van der Waals surface area contributed by atoms with Gasteiger partial charge < -0.3 is 19.5 Å². The van der Waals surface area contributed by atoms with Gasteiger partial charge in [-0.25, -0.2) is 4.98 Å². The number of rotatable bonds is 7. The van der Waals surface area contributed by atoms with E-state index in [2.05, 4.69) is 15.4 Å². The Hall–Kier alpha value is -3.47. The van der Waals surface area contributed by atoms with Gasteiger partial charge in [0.05, 0.1) is 44.3 Å². The average molecular weight is 471 g/mol. The lowest BCUT2D eigenvalue weighted by Crippen LogP contribution is -2.23. The van der Waals surface area contributed by atoms with Gasteiger partial charge in [0.25, 0.3) is 5.56 Å². The molecule has 3 rings (SSSR count). The van der Waals surface area contributed by atoms with Crippen LogP contribution in [0.25, 0.3) is 5.82 Å². The van der Waals surface area contributed by atoms with Gasteiger partial charge in [-0.05, 0) is 12.1 Å². The van der Waals surface area contributed by atoms with E-state index in [1.807, 2.05) is 0 Å². The van der Waals surface area contributed by atoms with Crippen molar-refractivity contribution in [3.05, 3.63) is 63.2 Å². The highest BCUT2D eigenvalue weighted by Crippen LogP contribution is 2.35. The second-order valence-electron chi connectivity index (χ2n) is 6.36. The molecule has 0 spiro atoms. The van der Waals surface area contributed by atoms with Gasteiger partial charge in [0.1, 0.15) is 22.3 Å². The molecule has 1 N–H and O–H groups in total. The van der Waals surface area contributed by atoms with Crippen LogP contribution in [0.1, 0.15) is 11.1 Å². The van der Waals surface area contributed by atoms with Crippen molar-refractivity contribution in [2.75, 3.05) is 26.6 Å². The fraction of sp³-hybridized carbons (Fsp3) is 0.250. The number of hydrogen-bond acceptors (Lipinski definition) is 7. The standard InChI is InChI=1S/C20H18ClF3N4O4/c1-30-12-6-15(31-2)13(16(7-12)32-3)9-25-14-10-27-28(19(29)18(14)21)17-5-4-11(8-26-17)20(22,23)24/h4-8,10,25H,9H2,1-3H3. The number of aromatic nitrogens is 3. The Bertz CT molecular complexity index is 1140. The van der Waals surface area contributed by atoms with E-state index in [-0.39, 0.29) is 23.1 Å². The van der Waals surface area contributed by atoms with Crippen molar-refractivity contribution < 1.29 is 27.4 Å². The summed E-state index contributed by atoms with van der Waals surface area (Å²) in [5, 5.41) is 6.73. The molecule has 2 aromatic heterocycles. The number of methoxy groups -OCH3 is 3. The summed E-state index contributed by atoms with van der Waals surface area (Å²) < 4.78 is 54.9. The minimum Gasteiger partial charge on any atom is -0.496 e. The number of halogens is 4. The number of ether oxygens (including phenoxy) is 3. The molecule has 0 aliphatic heterocycles. The number of anilines is 1. The fourth-order valence-corrected chi connectivity index (χ4v) is 3.03. The van der Waals surface area contributed by atoms with E-state index < -0.39 is 17.3 Å². The van der Waals surface area contributed by atoms with E-state index in [0.717, 1.165) is 16.8 Å². The number of benzene rings is 1. The van der Waals surface area contributed by atoms with Crippen molar-refractivity contribution in [1.82, 2.24) is 14.8 Å². The zero-order chi connectivity index (χ0) is 23.5. The van der Waals surface area contributed by atoms with Gasteiger partial charge >= 0.3 is 6.18 Å². The first-order chi connectivity index (χ1) is 15.2. The van der Waals surface area contributed by atoms with Crippen LogP contribution >= 0.6 is 11.6 Å². The lowest BCUT2D eigenvalue weighted by atomic mass is 10.1. The topological polar surface area (TPSA) is 87.5 Å². The van der Waals surface area contributed by atoms with E-state index in [9.17, 15) is 18.0 Å². The molecule has 0 radical (unpaired) electrons. The zero-order valence-corrected chi connectivity index (χ0v) is 17.9. The highest BCUT2D eigenvalue weighted by atomic mass is 35.5. The lowest BCUT2D eigenvalue weighted by molar-refractivity contribution is -0.137. The van der Waals surface area contributed by atoms with E-state index >= 15 is 0 Å². The largest absolute Gasteiger partial charge is 0.496 e. The predicted molar refractivity (Wildman–Crippen MR) is 111 cm³/mol. The Labute approximate surface area is 185 Å². The first kappa shape index (κ1) is 23.2. The summed E-state index contributed by atoms with van der Waals surface area (Å²) in [6.07, 6.45) is -2.66. The Morgan fingerprint density at radius 1 is 1.06 bits per heavy atom. The highest BCUT2D eigenvalue weighted by Gasteiger charge is 2.30. The first-order valence-corrected chi connectivity index (χ1v) is 9.41. The van der Waals surface area contributed by atoms with E-state index in [0.29, 0.717) is 29.0 Å². The van der Waals surface area contributed by atoms with Crippen LogP contribution in [0.4, 0.5) is 18.9 Å². The summed E-state index contributed by atoms with van der Waals surface area (Å²) in [7, 11) is 4.49. The number of nitrogens with one attached hydrogen (secondary N) is 1. The van der Waals surface area contributed by atoms with Gasteiger partial charge in [0, 0.05) is 24.9 Å². The van der Waals surface area contributed by atoms with Gasteiger partial charge in [-0.15, -0.1) is 0 Å². The Morgan fingerprint density at radius 2 is 1.72 bits per heavy atom. The Balaban J connectivity index is 1.88. The summed E-state index contributed by atoms with van der Waals surface area (Å²) >= 11 is 6.19. The van der Waals surface area contributed by atoms with Crippen molar-refractivity contribution in [1.29, 1.82) is 0 Å². The number of hydrogen-bond donors (Lipinski definition) is 1. The molecule has 3 aromatic rings. The van der Waals surface area contributed by atoms with Crippen molar-refractivity contribution in [2.24, 2.45) is 0 Å². The molecule has 12 heteroatoms. The van der Waals surface area contributed by atoms with Crippen LogP contribution in [-0.2, 0) is 12.7 Å². The number of nitrogens with zero attached hydrogens (tertiary/aromatic N) is 3. The molecule has 0 saturated carbocycles. The van der Waals surface area contributed by atoms with Crippen LogP contribution in [0.2, 0.25) is 5.02 Å². The quantitative estimate of drug-likeness (QED) is 0.559. The summed E-state index contributed by atoms with van der Waals surface area (Å²) in [5.41, 5.74) is -0.848. The minimum absolute atomic E-state index is 0.102. The minimum atomic E-state index is -4.54. The summed E-state index contributed by atoms with van der Waals surface area (Å²) in [6.45, 7) is 0.166. The molecule has 8 nitrogen and oxygen atoms in total. The Kier molecular flexibility index (Phi) is 6.78. The molecule has 0 atom stereocenters. The van der Waals surface area contributed by atoms with Crippen molar-refractivity contribution in [2.45, 2.75) is 12.7 Å². The highest BCUT2D eigenvalue weighted by molar-refractivity contribution is 6.32. The molecule has 0 amide bonds. The van der Waals surface area contributed by atoms with Crippen LogP contribution in [-0.4, -0.2) is 36.1 Å². The maximum Gasteiger partial charge on any atom is 0.417 e. The summed E-state index contributed by atoms with van der Waals surface area (Å²) in [6, 6.07) is 5.19. The fourth-order valence-electron chi connectivity index (χ4n) is 2.83. The zero-order valence-electron chi connectivity index (χ0n) is 17.2. The molecule has 0 aliphatic carbocycles. The molecule has 1 aromatic carbocycles. The van der Waals surface area contributed by atoms with E-state index in [1.165, 1.54) is 27.5 Å². The molecule has 0 saturated heterocycles. The predicted octanol–water partition coefficient (Wildman–Crippen LogP) is 3.94. The van der Waals surface area contributed by atoms with Gasteiger partial charge in [-0.2, -0.15) is 23.0 Å². The number of pyridine rings is 1. The first-order valence-electron chi connectivity index (χ1n) is 9.03. The second kappa shape index (κ2) is 9.35. The molecule has 2 heterocycles. The maximum absolute atomic E-state index is 12.7. The molecule has 0 bridgehead atoms. The molecule has 0 fully saturated rings. The maximum atomic E-state index is 12.7. The van der Waals surface area contributed by atoms with Crippen molar-refractivity contribution in [3.63, 3.8) is 0 Å². The number of alkyl halides is 3. The molecule has 32 heavy (non-hydrogen) atoms. The molecule has 0 unspecified atom stereocenters. The normalized spacial score (nSPS) is 11.2. The van der Waals surface area contributed by atoms with Gasteiger partial charge in [-0.1, -0.05) is 11.6 Å². The summed E-state index contributed by atoms with van der Waals surface area (Å²) in [4.78, 5) is 16.3. The second-order valence-corrected chi connectivity index (χ2v) is 6.73. The van der Waals surface area contributed by atoms with Crippen LogP contribution in [0.5, 0.6) is 17.2 Å². The molecule has 170 valence electrons. The summed E-state index contributed by atoms with van der Waals surface area (Å²) in [5.74, 6) is 1.41. The molecule has 0 aliphatic rings. The van der Waals surface area contributed by atoms with Crippen LogP contribution < -0.4 is 25.1 Å². The van der Waals surface area contributed by atoms with Gasteiger partial charge in [0.15, 0.2) is 5.82 Å². The van der Waals surface area contributed by atoms with E-state index in [4.69, 9.17) is 25.8 Å². The van der Waals surface area contributed by atoms with Crippen LogP contribution in [0.3, 0.4) is 0 Å². The molecular weight excluding hydrogens is 453 g/mol. The van der Waals surface area contributed by atoms with Crippen LogP contribution in [0, 0.1) is 0 Å².